The smallest absolute Gasteiger partial charge is 0.339 e. The first-order chi connectivity index (χ1) is 12.6. The van der Waals surface area contributed by atoms with Crippen LogP contribution in [0.5, 0.6) is 0 Å². The van der Waals surface area contributed by atoms with Crippen LogP contribution in [0, 0.1) is 0 Å². The lowest BCUT2D eigenvalue weighted by Crippen LogP contribution is -2.32. The summed E-state index contributed by atoms with van der Waals surface area (Å²) in [5.74, 6) is -1.63. The Morgan fingerprint density at radius 2 is 1.69 bits per heavy atom. The highest BCUT2D eigenvalue weighted by Gasteiger charge is 2.38. The van der Waals surface area contributed by atoms with Crippen LogP contribution in [0.1, 0.15) is 24.0 Å². The van der Waals surface area contributed by atoms with Gasteiger partial charge in [0.25, 0.3) is 5.91 Å². The number of aliphatic hydroxyl groups excluding tert-OH is 1. The quantitative estimate of drug-likeness (QED) is 0.862. The minimum absolute atomic E-state index is 0.0145. The zero-order chi connectivity index (χ0) is 18.3. The van der Waals surface area contributed by atoms with E-state index >= 15 is 0 Å². The van der Waals surface area contributed by atoms with E-state index in [4.69, 9.17) is 4.74 Å². The second kappa shape index (κ2) is 6.33. The van der Waals surface area contributed by atoms with Crippen molar-refractivity contribution in [1.29, 1.82) is 0 Å². The fourth-order valence-corrected chi connectivity index (χ4v) is 3.82. The summed E-state index contributed by atoms with van der Waals surface area (Å²) in [4.78, 5) is 25.9. The van der Waals surface area contributed by atoms with Crippen molar-refractivity contribution in [2.75, 3.05) is 19.7 Å². The maximum atomic E-state index is 12.4. The molecule has 2 aromatic carbocycles. The van der Waals surface area contributed by atoms with Crippen LogP contribution >= 0.6 is 0 Å². The molecule has 5 nitrogen and oxygen atoms in total. The molecule has 26 heavy (non-hydrogen) atoms. The van der Waals surface area contributed by atoms with Gasteiger partial charge in [0.1, 0.15) is 5.57 Å². The molecular weight excluding hydrogens is 330 g/mol. The highest BCUT2D eigenvalue weighted by molar-refractivity contribution is 6.05. The Morgan fingerprint density at radius 3 is 2.27 bits per heavy atom. The van der Waals surface area contributed by atoms with Crippen LogP contribution < -0.4 is 0 Å². The van der Waals surface area contributed by atoms with Gasteiger partial charge in [0.15, 0.2) is 5.76 Å². The lowest BCUT2D eigenvalue weighted by Gasteiger charge is -2.22. The van der Waals surface area contributed by atoms with Crippen LogP contribution in [0.4, 0.5) is 0 Å². The molecule has 0 unspecified atom stereocenters. The number of hydrogen-bond acceptors (Lipinski definition) is 4. The number of aliphatic hydroxyl groups is 1. The van der Waals surface area contributed by atoms with E-state index in [9.17, 15) is 14.7 Å². The van der Waals surface area contributed by atoms with E-state index in [0.29, 0.717) is 6.54 Å². The maximum Gasteiger partial charge on any atom is 0.339 e. The number of carbonyl (C=O) groups excluding carboxylic acids is 2. The summed E-state index contributed by atoms with van der Waals surface area (Å²) in [6.45, 7) is 2.37. The number of nitrogens with zero attached hydrogens (tertiary/aromatic N) is 1. The van der Waals surface area contributed by atoms with E-state index in [1.807, 2.05) is 24.3 Å². The van der Waals surface area contributed by atoms with Crippen molar-refractivity contribution in [2.24, 2.45) is 0 Å². The van der Waals surface area contributed by atoms with Gasteiger partial charge < -0.3 is 14.7 Å². The maximum absolute atomic E-state index is 12.4. The molecule has 0 bridgehead atoms. The Hall–Kier alpha value is -3.08. The summed E-state index contributed by atoms with van der Waals surface area (Å²) in [7, 11) is 0. The highest BCUT2D eigenvalue weighted by Crippen LogP contribution is 2.45. The molecule has 2 aromatic rings. The first-order valence-electron chi connectivity index (χ1n) is 8.68. The number of carbonyl (C=O) groups is 2. The van der Waals surface area contributed by atoms with Gasteiger partial charge in [0.05, 0.1) is 13.2 Å². The molecule has 132 valence electrons. The third-order valence-electron chi connectivity index (χ3n) is 5.01. The second-order valence-electron chi connectivity index (χ2n) is 6.46. The fraction of sp³-hybridized carbons (Fsp3) is 0.238. The molecule has 4 rings (SSSR count). The van der Waals surface area contributed by atoms with Crippen LogP contribution in [0.3, 0.4) is 0 Å². The third-order valence-corrected chi connectivity index (χ3v) is 5.01. The minimum atomic E-state index is -0.631. The number of hydrogen-bond donors (Lipinski definition) is 1. The van der Waals surface area contributed by atoms with E-state index in [2.05, 4.69) is 24.3 Å². The van der Waals surface area contributed by atoms with E-state index in [-0.39, 0.29) is 24.6 Å². The van der Waals surface area contributed by atoms with Crippen LogP contribution in [-0.4, -0.2) is 41.6 Å². The van der Waals surface area contributed by atoms with Gasteiger partial charge in [-0.1, -0.05) is 48.5 Å². The summed E-state index contributed by atoms with van der Waals surface area (Å²) in [5, 5.41) is 10.1. The zero-order valence-corrected chi connectivity index (χ0v) is 14.4. The molecule has 0 aromatic heterocycles. The van der Waals surface area contributed by atoms with Crippen molar-refractivity contribution in [2.45, 2.75) is 12.8 Å². The molecule has 0 saturated carbocycles. The van der Waals surface area contributed by atoms with Gasteiger partial charge in [0.2, 0.25) is 0 Å². The lowest BCUT2D eigenvalue weighted by atomic mass is 9.96. The van der Waals surface area contributed by atoms with Gasteiger partial charge in [-0.25, -0.2) is 4.79 Å². The number of esters is 1. The van der Waals surface area contributed by atoms with Crippen LogP contribution in [-0.2, 0) is 14.3 Å². The monoisotopic (exact) mass is 349 g/mol. The minimum Gasteiger partial charge on any atom is -0.503 e. The average Bonchev–Trinajstić information content (AvgIpc) is 3.13. The van der Waals surface area contributed by atoms with Crippen LogP contribution in [0.25, 0.3) is 11.1 Å². The van der Waals surface area contributed by atoms with E-state index < -0.39 is 17.6 Å². The standard InChI is InChI=1S/C21H19NO4/c1-2-26-21(25)18-12-22(20(24)19(18)23)11-17-15-9-5-3-7-13(15)14-8-4-6-10-16(14)17/h3-10,17,23H,2,11-12H2,1H3. The largest absolute Gasteiger partial charge is 0.503 e. The molecule has 1 N–H and O–H groups in total. The number of rotatable bonds is 4. The first kappa shape index (κ1) is 16.4. The summed E-state index contributed by atoms with van der Waals surface area (Å²) in [6.07, 6.45) is 0. The van der Waals surface area contributed by atoms with Crippen molar-refractivity contribution >= 4 is 11.9 Å². The summed E-state index contributed by atoms with van der Waals surface area (Å²) in [6, 6.07) is 16.3. The summed E-state index contributed by atoms with van der Waals surface area (Å²) >= 11 is 0. The molecule has 2 aliphatic rings. The molecule has 1 heterocycles. The molecular formula is C21H19NO4. The van der Waals surface area contributed by atoms with E-state index in [0.717, 1.165) is 11.1 Å². The topological polar surface area (TPSA) is 66.8 Å². The van der Waals surface area contributed by atoms with Gasteiger partial charge in [0, 0.05) is 12.5 Å². The van der Waals surface area contributed by atoms with Gasteiger partial charge in [-0.05, 0) is 29.2 Å². The molecule has 1 amide bonds. The van der Waals surface area contributed by atoms with Crippen molar-refractivity contribution in [3.05, 3.63) is 71.0 Å². The van der Waals surface area contributed by atoms with Crippen LogP contribution in [0.2, 0.25) is 0 Å². The van der Waals surface area contributed by atoms with E-state index in [1.165, 1.54) is 16.0 Å². The first-order valence-corrected chi connectivity index (χ1v) is 8.68. The number of benzene rings is 2. The van der Waals surface area contributed by atoms with E-state index in [1.54, 1.807) is 6.92 Å². The van der Waals surface area contributed by atoms with Crippen molar-refractivity contribution in [3.8, 4) is 11.1 Å². The summed E-state index contributed by atoms with van der Waals surface area (Å²) < 4.78 is 4.94. The third kappa shape index (κ3) is 2.47. The highest BCUT2D eigenvalue weighted by atomic mass is 16.5. The van der Waals surface area contributed by atoms with Gasteiger partial charge >= 0.3 is 5.97 Å². The second-order valence-corrected chi connectivity index (χ2v) is 6.46. The average molecular weight is 349 g/mol. The zero-order valence-electron chi connectivity index (χ0n) is 14.4. The number of fused-ring (bicyclic) bond motifs is 3. The molecule has 0 fully saturated rings. The Labute approximate surface area is 151 Å². The predicted octanol–water partition coefficient (Wildman–Crippen LogP) is 3.02. The molecule has 1 aliphatic carbocycles. The number of ether oxygens (including phenoxy) is 1. The SMILES string of the molecule is CCOC(=O)C1=C(O)C(=O)N(CC2c3ccccc3-c3ccccc32)C1. The Morgan fingerprint density at radius 1 is 1.12 bits per heavy atom. The Bertz CT molecular complexity index is 886. The van der Waals surface area contributed by atoms with Gasteiger partial charge in [-0.15, -0.1) is 0 Å². The Kier molecular flexibility index (Phi) is 3.99. The van der Waals surface area contributed by atoms with Crippen molar-refractivity contribution < 1.29 is 19.4 Å². The Balaban J connectivity index is 1.63. The van der Waals surface area contributed by atoms with Crippen molar-refractivity contribution in [1.82, 2.24) is 4.90 Å². The molecule has 0 atom stereocenters. The summed E-state index contributed by atoms with van der Waals surface area (Å²) in [5.41, 5.74) is 4.69. The molecule has 5 heteroatoms. The van der Waals surface area contributed by atoms with Gasteiger partial charge in [-0.3, -0.25) is 4.79 Å². The molecule has 0 radical (unpaired) electrons. The molecule has 0 spiro atoms. The predicted molar refractivity (Wildman–Crippen MR) is 96.6 cm³/mol. The molecule has 1 aliphatic heterocycles. The fourth-order valence-electron chi connectivity index (χ4n) is 3.82. The molecule has 0 saturated heterocycles. The van der Waals surface area contributed by atoms with Gasteiger partial charge in [-0.2, -0.15) is 0 Å². The normalized spacial score (nSPS) is 16.0. The van der Waals surface area contributed by atoms with Crippen molar-refractivity contribution in [3.63, 3.8) is 0 Å². The van der Waals surface area contributed by atoms with Crippen LogP contribution in [0.15, 0.2) is 59.9 Å². The number of amides is 1. The lowest BCUT2D eigenvalue weighted by molar-refractivity contribution is -0.138.